The van der Waals surface area contributed by atoms with Crippen LogP contribution in [-0.2, 0) is 9.53 Å². The Morgan fingerprint density at radius 2 is 2.04 bits per heavy atom. The first-order valence-electron chi connectivity index (χ1n) is 8.06. The van der Waals surface area contributed by atoms with E-state index in [2.05, 4.69) is 4.99 Å². The van der Waals surface area contributed by atoms with Gasteiger partial charge in [-0.1, -0.05) is 12.1 Å². The summed E-state index contributed by atoms with van der Waals surface area (Å²) in [6.45, 7) is 3.59. The van der Waals surface area contributed by atoms with Crippen molar-refractivity contribution in [2.75, 3.05) is 7.11 Å². The number of hydrogen-bond acceptors (Lipinski definition) is 6. The third-order valence-corrected chi connectivity index (χ3v) is 4.51. The summed E-state index contributed by atoms with van der Waals surface area (Å²) in [5.74, 6) is -1.06. The summed E-state index contributed by atoms with van der Waals surface area (Å²) >= 11 is 0. The summed E-state index contributed by atoms with van der Waals surface area (Å²) in [5, 5.41) is 11.2. The molecule has 7 heteroatoms. The predicted molar refractivity (Wildman–Crippen MR) is 95.8 cm³/mol. The maximum absolute atomic E-state index is 12.5. The second-order valence-electron chi connectivity index (χ2n) is 6.06. The third-order valence-electron chi connectivity index (χ3n) is 4.51. The van der Waals surface area contributed by atoms with Gasteiger partial charge in [0, 0.05) is 35.0 Å². The van der Waals surface area contributed by atoms with E-state index in [0.29, 0.717) is 22.7 Å². The van der Waals surface area contributed by atoms with E-state index in [-0.39, 0.29) is 5.69 Å². The molecular formula is C19H18N2O5. The molecule has 0 saturated heterocycles. The van der Waals surface area contributed by atoms with Crippen molar-refractivity contribution in [3.63, 3.8) is 0 Å². The fraction of sp³-hybridized carbons (Fsp3) is 0.263. The predicted octanol–water partition coefficient (Wildman–Crippen LogP) is 3.97. The smallest absolute Gasteiger partial charge is 0.315 e. The van der Waals surface area contributed by atoms with Gasteiger partial charge >= 0.3 is 5.97 Å². The number of carbonyl (C=O) groups excluding carboxylic acids is 1. The SMILES string of the molecule is COC(=O)C1C(C)=NC(C)=C(c2ccco2)C1c1cccc([N+](=O)[O-])c1. The number of carbonyl (C=O) groups is 1. The molecule has 2 atom stereocenters. The molecule has 3 rings (SSSR count). The fourth-order valence-corrected chi connectivity index (χ4v) is 3.42. The average Bonchev–Trinajstić information content (AvgIpc) is 3.14. The van der Waals surface area contributed by atoms with E-state index < -0.39 is 22.7 Å². The molecule has 0 fully saturated rings. The molecule has 26 heavy (non-hydrogen) atoms. The zero-order valence-electron chi connectivity index (χ0n) is 14.6. The lowest BCUT2D eigenvalue weighted by atomic mass is 9.75. The molecule has 134 valence electrons. The molecule has 0 saturated carbocycles. The number of hydrogen-bond donors (Lipinski definition) is 0. The van der Waals surface area contributed by atoms with Gasteiger partial charge in [-0.3, -0.25) is 19.9 Å². The first-order valence-corrected chi connectivity index (χ1v) is 8.06. The number of aliphatic imine (C=N–C) groups is 1. The van der Waals surface area contributed by atoms with Crippen LogP contribution in [-0.4, -0.2) is 23.7 Å². The Labute approximate surface area is 150 Å². The molecule has 1 aliphatic rings. The summed E-state index contributed by atoms with van der Waals surface area (Å²) < 4.78 is 10.5. The molecule has 0 bridgehead atoms. The van der Waals surface area contributed by atoms with E-state index in [4.69, 9.17) is 9.15 Å². The number of benzene rings is 1. The van der Waals surface area contributed by atoms with Crippen molar-refractivity contribution in [3.8, 4) is 0 Å². The summed E-state index contributed by atoms with van der Waals surface area (Å²) in [4.78, 5) is 27.8. The molecule has 0 N–H and O–H groups in total. The second-order valence-corrected chi connectivity index (χ2v) is 6.06. The van der Waals surface area contributed by atoms with Crippen molar-refractivity contribution in [2.24, 2.45) is 10.9 Å². The minimum absolute atomic E-state index is 0.0391. The Morgan fingerprint density at radius 3 is 2.65 bits per heavy atom. The van der Waals surface area contributed by atoms with Crippen molar-refractivity contribution in [3.05, 3.63) is 69.8 Å². The number of rotatable bonds is 4. The van der Waals surface area contributed by atoms with Crippen LogP contribution in [0.3, 0.4) is 0 Å². The molecule has 7 nitrogen and oxygen atoms in total. The minimum atomic E-state index is -0.689. The van der Waals surface area contributed by atoms with E-state index in [0.717, 1.165) is 5.57 Å². The number of nitro groups is 1. The maximum atomic E-state index is 12.5. The van der Waals surface area contributed by atoms with E-state index in [1.54, 1.807) is 37.5 Å². The Hall–Kier alpha value is -3.22. The van der Waals surface area contributed by atoms with Crippen molar-refractivity contribution < 1.29 is 18.9 Å². The van der Waals surface area contributed by atoms with E-state index >= 15 is 0 Å². The monoisotopic (exact) mass is 354 g/mol. The highest BCUT2D eigenvalue weighted by atomic mass is 16.6. The van der Waals surface area contributed by atoms with Gasteiger partial charge in [0.1, 0.15) is 11.7 Å². The van der Waals surface area contributed by atoms with Crippen LogP contribution in [0.4, 0.5) is 5.69 Å². The summed E-state index contributed by atoms with van der Waals surface area (Å²) in [6.07, 6.45) is 1.54. The molecule has 1 aromatic heterocycles. The molecule has 2 unspecified atom stereocenters. The highest BCUT2D eigenvalue weighted by molar-refractivity contribution is 6.06. The zero-order valence-corrected chi connectivity index (χ0v) is 14.6. The number of non-ortho nitro benzene ring substituents is 1. The van der Waals surface area contributed by atoms with Crippen LogP contribution in [0, 0.1) is 16.0 Å². The van der Waals surface area contributed by atoms with Gasteiger partial charge in [0.05, 0.1) is 18.3 Å². The molecule has 1 aromatic carbocycles. The Balaban J connectivity index is 2.23. The normalized spacial score (nSPS) is 19.9. The largest absolute Gasteiger partial charge is 0.468 e. The van der Waals surface area contributed by atoms with E-state index in [1.807, 2.05) is 6.92 Å². The lowest BCUT2D eigenvalue weighted by Gasteiger charge is -2.31. The summed E-state index contributed by atoms with van der Waals surface area (Å²) in [7, 11) is 1.32. The van der Waals surface area contributed by atoms with Gasteiger partial charge in [-0.2, -0.15) is 0 Å². The van der Waals surface area contributed by atoms with Gasteiger partial charge in [0.25, 0.3) is 5.69 Å². The third kappa shape index (κ3) is 3.03. The molecule has 0 spiro atoms. The molecule has 0 aliphatic carbocycles. The molecule has 2 aromatic rings. The molecule has 0 amide bonds. The van der Waals surface area contributed by atoms with Crippen LogP contribution in [0.5, 0.6) is 0 Å². The van der Waals surface area contributed by atoms with Gasteiger partial charge in [0.2, 0.25) is 0 Å². The van der Waals surface area contributed by atoms with Crippen LogP contribution in [0.2, 0.25) is 0 Å². The van der Waals surface area contributed by atoms with Gasteiger partial charge < -0.3 is 9.15 Å². The lowest BCUT2D eigenvalue weighted by Crippen LogP contribution is -2.33. The molecule has 2 heterocycles. The zero-order chi connectivity index (χ0) is 18.8. The van der Waals surface area contributed by atoms with Crippen LogP contribution >= 0.6 is 0 Å². The number of allylic oxidation sites excluding steroid dienone is 2. The first-order chi connectivity index (χ1) is 12.4. The van der Waals surface area contributed by atoms with Crippen LogP contribution in [0.1, 0.15) is 31.1 Å². The highest BCUT2D eigenvalue weighted by Gasteiger charge is 2.40. The fourth-order valence-electron chi connectivity index (χ4n) is 3.42. The lowest BCUT2D eigenvalue weighted by molar-refractivity contribution is -0.384. The number of furan rings is 1. The van der Waals surface area contributed by atoms with Gasteiger partial charge in [-0.05, 0) is 31.5 Å². The van der Waals surface area contributed by atoms with Gasteiger partial charge in [-0.15, -0.1) is 0 Å². The highest BCUT2D eigenvalue weighted by Crippen LogP contribution is 2.45. The van der Waals surface area contributed by atoms with Crippen molar-refractivity contribution in [2.45, 2.75) is 19.8 Å². The van der Waals surface area contributed by atoms with Gasteiger partial charge in [0.15, 0.2) is 0 Å². The summed E-state index contributed by atoms with van der Waals surface area (Å²) in [6, 6.07) is 9.81. The number of methoxy groups -OCH3 is 1. The number of esters is 1. The Morgan fingerprint density at radius 1 is 1.27 bits per heavy atom. The first kappa shape index (κ1) is 17.6. The standard InChI is InChI=1S/C19H18N2O5/c1-11-16(15-8-5-9-26-15)18(17(12(2)20-11)19(22)25-3)13-6-4-7-14(10-13)21(23)24/h4-10,17-18H,1-3H3. The quantitative estimate of drug-likeness (QED) is 0.470. The number of nitrogens with zero attached hydrogens (tertiary/aromatic N) is 2. The Kier molecular flexibility index (Phi) is 4.71. The molecule has 1 aliphatic heterocycles. The second kappa shape index (κ2) is 6.95. The van der Waals surface area contributed by atoms with E-state index in [9.17, 15) is 14.9 Å². The van der Waals surface area contributed by atoms with Crippen molar-refractivity contribution in [1.82, 2.24) is 0 Å². The molecule has 0 radical (unpaired) electrons. The van der Waals surface area contributed by atoms with Crippen LogP contribution in [0.15, 0.2) is 57.8 Å². The summed E-state index contributed by atoms with van der Waals surface area (Å²) in [5.41, 5.74) is 2.61. The maximum Gasteiger partial charge on any atom is 0.315 e. The van der Waals surface area contributed by atoms with E-state index in [1.165, 1.54) is 19.2 Å². The van der Waals surface area contributed by atoms with Crippen LogP contribution < -0.4 is 0 Å². The average molecular weight is 354 g/mol. The Bertz CT molecular complexity index is 912. The van der Waals surface area contributed by atoms with Crippen molar-refractivity contribution >= 4 is 22.9 Å². The minimum Gasteiger partial charge on any atom is -0.468 e. The number of nitro benzene ring substituents is 1. The molecular weight excluding hydrogens is 336 g/mol. The van der Waals surface area contributed by atoms with Crippen molar-refractivity contribution in [1.29, 1.82) is 0 Å². The van der Waals surface area contributed by atoms with Crippen LogP contribution in [0.25, 0.3) is 5.57 Å². The number of ether oxygens (including phenoxy) is 1. The topological polar surface area (TPSA) is 94.9 Å². The van der Waals surface area contributed by atoms with Gasteiger partial charge in [-0.25, -0.2) is 0 Å².